The Bertz CT molecular complexity index is 820. The number of H-pyrrole nitrogens is 1. The van der Waals surface area contributed by atoms with Gasteiger partial charge in [0.25, 0.3) is 0 Å². The standard InChI is InChI=1S/C18H17NO3/c1-12-3-2-4-13(7-12)11-22-15-5-6-17-16(9-15)14(10-19-17)8-18(20)21/h2-7,9-10,19H,8,11H2,1H3,(H,20,21). The number of fused-ring (bicyclic) bond motifs is 1. The fraction of sp³-hybridized carbons (Fsp3) is 0.167. The lowest BCUT2D eigenvalue weighted by Gasteiger charge is -2.07. The Hall–Kier alpha value is -2.75. The van der Waals surface area contributed by atoms with Crippen molar-refractivity contribution in [3.63, 3.8) is 0 Å². The number of hydrogen-bond donors (Lipinski definition) is 2. The highest BCUT2D eigenvalue weighted by molar-refractivity contribution is 5.87. The van der Waals surface area contributed by atoms with E-state index in [4.69, 9.17) is 9.84 Å². The number of aromatic nitrogens is 1. The van der Waals surface area contributed by atoms with Crippen LogP contribution in [0.2, 0.25) is 0 Å². The van der Waals surface area contributed by atoms with Crippen molar-refractivity contribution in [2.24, 2.45) is 0 Å². The molecule has 3 aromatic rings. The predicted molar refractivity (Wildman–Crippen MR) is 85.1 cm³/mol. The number of nitrogens with one attached hydrogen (secondary N) is 1. The minimum Gasteiger partial charge on any atom is -0.489 e. The number of aliphatic carboxylic acids is 1. The van der Waals surface area contributed by atoms with Crippen LogP contribution in [0.1, 0.15) is 16.7 Å². The van der Waals surface area contributed by atoms with Crippen LogP contribution in [0.3, 0.4) is 0 Å². The third-order valence-corrected chi connectivity index (χ3v) is 3.57. The molecule has 1 heterocycles. The maximum atomic E-state index is 10.9. The number of carboxylic acid groups (broad SMARTS) is 1. The van der Waals surface area contributed by atoms with Crippen molar-refractivity contribution in [2.75, 3.05) is 0 Å². The lowest BCUT2D eigenvalue weighted by molar-refractivity contribution is -0.136. The summed E-state index contributed by atoms with van der Waals surface area (Å²) in [6, 6.07) is 13.9. The van der Waals surface area contributed by atoms with E-state index >= 15 is 0 Å². The normalized spacial score (nSPS) is 10.8. The van der Waals surface area contributed by atoms with E-state index in [0.29, 0.717) is 6.61 Å². The van der Waals surface area contributed by atoms with Crippen molar-refractivity contribution in [1.29, 1.82) is 0 Å². The zero-order valence-corrected chi connectivity index (χ0v) is 12.3. The van der Waals surface area contributed by atoms with Gasteiger partial charge < -0.3 is 14.8 Å². The van der Waals surface area contributed by atoms with E-state index in [9.17, 15) is 4.79 Å². The number of hydrogen-bond acceptors (Lipinski definition) is 2. The van der Waals surface area contributed by atoms with E-state index in [1.807, 2.05) is 43.3 Å². The van der Waals surface area contributed by atoms with Crippen molar-refractivity contribution >= 4 is 16.9 Å². The summed E-state index contributed by atoms with van der Waals surface area (Å²) in [5.74, 6) is -0.104. The minimum atomic E-state index is -0.841. The number of rotatable bonds is 5. The van der Waals surface area contributed by atoms with Gasteiger partial charge in [-0.15, -0.1) is 0 Å². The van der Waals surface area contributed by atoms with E-state index in [0.717, 1.165) is 27.8 Å². The van der Waals surface area contributed by atoms with Crippen LogP contribution in [0.5, 0.6) is 5.75 Å². The second kappa shape index (κ2) is 5.93. The topological polar surface area (TPSA) is 62.3 Å². The second-order valence-electron chi connectivity index (χ2n) is 5.37. The summed E-state index contributed by atoms with van der Waals surface area (Å²) >= 11 is 0. The Morgan fingerprint density at radius 1 is 1.23 bits per heavy atom. The van der Waals surface area contributed by atoms with Crippen LogP contribution in [-0.2, 0) is 17.8 Å². The van der Waals surface area contributed by atoms with Crippen LogP contribution in [-0.4, -0.2) is 16.1 Å². The molecule has 4 heteroatoms. The van der Waals surface area contributed by atoms with Crippen LogP contribution >= 0.6 is 0 Å². The molecule has 22 heavy (non-hydrogen) atoms. The molecule has 0 aliphatic carbocycles. The largest absolute Gasteiger partial charge is 0.489 e. The fourth-order valence-electron chi connectivity index (χ4n) is 2.53. The first-order valence-corrected chi connectivity index (χ1v) is 7.12. The van der Waals surface area contributed by atoms with Crippen LogP contribution in [0.15, 0.2) is 48.7 Å². The van der Waals surface area contributed by atoms with Crippen molar-refractivity contribution in [2.45, 2.75) is 20.0 Å². The van der Waals surface area contributed by atoms with Crippen LogP contribution < -0.4 is 4.74 Å². The minimum absolute atomic E-state index is 0.00132. The highest BCUT2D eigenvalue weighted by Gasteiger charge is 2.08. The molecule has 0 spiro atoms. The van der Waals surface area contributed by atoms with E-state index in [-0.39, 0.29) is 6.42 Å². The molecule has 2 aromatic carbocycles. The lowest BCUT2D eigenvalue weighted by atomic mass is 10.1. The van der Waals surface area contributed by atoms with Crippen molar-refractivity contribution < 1.29 is 14.6 Å². The molecule has 4 nitrogen and oxygen atoms in total. The van der Waals surface area contributed by atoms with E-state index in [2.05, 4.69) is 11.1 Å². The zero-order chi connectivity index (χ0) is 15.5. The molecule has 0 saturated carbocycles. The molecule has 3 rings (SSSR count). The first kappa shape index (κ1) is 14.2. The summed E-state index contributed by atoms with van der Waals surface area (Å²) in [5.41, 5.74) is 3.99. The lowest BCUT2D eigenvalue weighted by Crippen LogP contribution is -1.99. The Kier molecular flexibility index (Phi) is 3.83. The highest BCUT2D eigenvalue weighted by atomic mass is 16.5. The molecule has 1 aromatic heterocycles. The van der Waals surface area contributed by atoms with E-state index < -0.39 is 5.97 Å². The fourth-order valence-corrected chi connectivity index (χ4v) is 2.53. The zero-order valence-electron chi connectivity index (χ0n) is 12.3. The molecule has 112 valence electrons. The smallest absolute Gasteiger partial charge is 0.307 e. The summed E-state index contributed by atoms with van der Waals surface area (Å²) in [4.78, 5) is 14.0. The summed E-state index contributed by atoms with van der Waals surface area (Å²) in [7, 11) is 0. The first-order chi connectivity index (χ1) is 10.6. The van der Waals surface area contributed by atoms with E-state index in [1.54, 1.807) is 6.20 Å². The quantitative estimate of drug-likeness (QED) is 0.754. The number of aromatic amines is 1. The molecular weight excluding hydrogens is 278 g/mol. The summed E-state index contributed by atoms with van der Waals surface area (Å²) in [6.45, 7) is 2.54. The van der Waals surface area contributed by atoms with Crippen molar-refractivity contribution in [3.8, 4) is 5.75 Å². The summed E-state index contributed by atoms with van der Waals surface area (Å²) in [6.07, 6.45) is 1.74. The average Bonchev–Trinajstić information content (AvgIpc) is 2.87. The monoisotopic (exact) mass is 295 g/mol. The van der Waals surface area contributed by atoms with Gasteiger partial charge in [0.1, 0.15) is 12.4 Å². The summed E-state index contributed by atoms with van der Waals surface area (Å²) < 4.78 is 5.82. The number of ether oxygens (including phenoxy) is 1. The van der Waals surface area contributed by atoms with Crippen LogP contribution in [0.25, 0.3) is 10.9 Å². The Balaban J connectivity index is 1.80. The Morgan fingerprint density at radius 3 is 2.86 bits per heavy atom. The molecule has 0 atom stereocenters. The van der Waals surface area contributed by atoms with Gasteiger partial charge in [-0.1, -0.05) is 29.8 Å². The predicted octanol–water partition coefficient (Wildman–Crippen LogP) is 3.68. The van der Waals surface area contributed by atoms with E-state index in [1.165, 1.54) is 5.56 Å². The van der Waals surface area contributed by atoms with Crippen molar-refractivity contribution in [1.82, 2.24) is 4.98 Å². The highest BCUT2D eigenvalue weighted by Crippen LogP contribution is 2.24. The van der Waals surface area contributed by atoms with Crippen molar-refractivity contribution in [3.05, 3.63) is 65.4 Å². The van der Waals surface area contributed by atoms with Gasteiger partial charge in [-0.3, -0.25) is 4.79 Å². The van der Waals surface area contributed by atoms with Gasteiger partial charge in [0.2, 0.25) is 0 Å². The number of carbonyl (C=O) groups is 1. The molecular formula is C18H17NO3. The molecule has 0 bridgehead atoms. The van der Waals surface area contributed by atoms with Gasteiger partial charge in [-0.2, -0.15) is 0 Å². The molecule has 2 N–H and O–H groups in total. The molecule has 0 fully saturated rings. The Labute approximate surface area is 128 Å². The maximum Gasteiger partial charge on any atom is 0.307 e. The first-order valence-electron chi connectivity index (χ1n) is 7.12. The third kappa shape index (κ3) is 3.11. The summed E-state index contributed by atoms with van der Waals surface area (Å²) in [5, 5.41) is 9.84. The van der Waals surface area contributed by atoms with Gasteiger partial charge in [0.05, 0.1) is 6.42 Å². The van der Waals surface area contributed by atoms with Gasteiger partial charge in [0.15, 0.2) is 0 Å². The number of benzene rings is 2. The molecule has 0 radical (unpaired) electrons. The molecule has 0 unspecified atom stereocenters. The van der Waals surface area contributed by atoms with Crippen LogP contribution in [0.4, 0.5) is 0 Å². The Morgan fingerprint density at radius 2 is 2.09 bits per heavy atom. The molecule has 0 aliphatic rings. The number of aryl methyl sites for hydroxylation is 1. The third-order valence-electron chi connectivity index (χ3n) is 3.57. The molecule has 0 amide bonds. The second-order valence-corrected chi connectivity index (χ2v) is 5.37. The molecule has 0 aliphatic heterocycles. The maximum absolute atomic E-state index is 10.9. The molecule has 0 saturated heterocycles. The van der Waals surface area contributed by atoms with Crippen LogP contribution in [0, 0.1) is 6.92 Å². The van der Waals surface area contributed by atoms with Gasteiger partial charge in [-0.25, -0.2) is 0 Å². The average molecular weight is 295 g/mol. The van der Waals surface area contributed by atoms with Gasteiger partial charge in [0, 0.05) is 17.1 Å². The van der Waals surface area contributed by atoms with Gasteiger partial charge in [-0.05, 0) is 36.2 Å². The number of carboxylic acids is 1. The van der Waals surface area contributed by atoms with Gasteiger partial charge >= 0.3 is 5.97 Å². The SMILES string of the molecule is Cc1cccc(COc2ccc3[nH]cc(CC(=O)O)c3c2)c1.